The molecule has 0 aliphatic carbocycles. The van der Waals surface area contributed by atoms with Crippen molar-refractivity contribution >= 4 is 123 Å². The molecule has 0 saturated carbocycles. The van der Waals surface area contributed by atoms with E-state index >= 15 is 0 Å². The van der Waals surface area contributed by atoms with Crippen molar-refractivity contribution < 1.29 is 104 Å². The summed E-state index contributed by atoms with van der Waals surface area (Å²) >= 11 is 0. The van der Waals surface area contributed by atoms with E-state index in [1.165, 1.54) is 0 Å². The smallest absolute Gasteiger partial charge is 0.845 e. The van der Waals surface area contributed by atoms with E-state index in [0.29, 0.717) is 0 Å². The van der Waals surface area contributed by atoms with E-state index in [4.69, 9.17) is 0 Å². The zero-order valence-electron chi connectivity index (χ0n) is 21.1. The van der Waals surface area contributed by atoms with Crippen LogP contribution in [0.3, 0.4) is 0 Å². The third-order valence-corrected chi connectivity index (χ3v) is 3.70. The van der Waals surface area contributed by atoms with Crippen LogP contribution < -0.4 is 61.3 Å². The summed E-state index contributed by atoms with van der Waals surface area (Å²) in [6.45, 7) is 0. The second-order valence-corrected chi connectivity index (χ2v) is 7.14. The molecule has 0 bridgehead atoms. The Morgan fingerprint density at radius 1 is 0.302 bits per heavy atom. The van der Waals surface area contributed by atoms with Gasteiger partial charge < -0.3 is 104 Å². The van der Waals surface area contributed by atoms with Crippen LogP contribution in [0.15, 0.2) is 0 Å². The van der Waals surface area contributed by atoms with E-state index in [1.54, 1.807) is 0 Å². The Hall–Kier alpha value is -2.76. The van der Waals surface area contributed by atoms with Crippen LogP contribution in [0, 0.1) is 0 Å². The van der Waals surface area contributed by atoms with Gasteiger partial charge in [-0.15, -0.1) is 0 Å². The predicted octanol–water partition coefficient (Wildman–Crippen LogP) is -19.2. The van der Waals surface area contributed by atoms with E-state index < -0.39 is 109 Å². The minimum absolute atomic E-state index is 0. The maximum Gasteiger partial charge on any atom is 3.00 e. The first-order valence-corrected chi connectivity index (χ1v) is 9.28. The Kier molecular flexibility index (Phi) is 32.2. The zero-order chi connectivity index (χ0) is 31.9. The number of carbonyl (C=O) groups excluding carboxylic acids is 9. The molecule has 0 heterocycles. The minimum atomic E-state index is -3.22. The molecule has 0 N–H and O–H groups in total. The Balaban J connectivity index is -0.0000000864. The molecule has 0 aromatic heterocycles. The van der Waals surface area contributed by atoms with Crippen molar-refractivity contribution in [2.75, 3.05) is 0 Å². The molecule has 0 aliphatic rings. The summed E-state index contributed by atoms with van der Waals surface area (Å²) in [4.78, 5) is 89.6. The second kappa shape index (κ2) is 24.7. The van der Waals surface area contributed by atoms with Crippen LogP contribution in [-0.4, -0.2) is 140 Å². The van der Waals surface area contributed by atoms with Gasteiger partial charge in [0.05, 0.1) is 0 Å². The van der Waals surface area contributed by atoms with Gasteiger partial charge in [0.15, 0.2) is 0 Å². The van der Waals surface area contributed by atoms with Crippen molar-refractivity contribution in [3.05, 3.63) is 0 Å². The van der Waals surface area contributed by atoms with E-state index in [1.807, 2.05) is 0 Å². The molecular weight excluding hydrogens is 660 g/mol. The van der Waals surface area contributed by atoms with E-state index in [-0.39, 0.29) is 69.4 Å². The average molecular weight is 672 g/mol. The summed E-state index contributed by atoms with van der Waals surface area (Å²) in [5, 5.41) is 122. The van der Waals surface area contributed by atoms with Crippen LogP contribution >= 0.6 is 0 Å². The molecule has 0 unspecified atom stereocenters. The van der Waals surface area contributed by atoms with Gasteiger partial charge in [0.1, 0.15) is 0 Å². The van der Waals surface area contributed by atoms with E-state index in [2.05, 4.69) is 0 Å². The summed E-state index contributed by atoms with van der Waals surface area (Å²) in [5.41, 5.74) is -9.67. The van der Waals surface area contributed by atoms with Crippen molar-refractivity contribution in [2.24, 2.45) is 0 Å². The molecule has 0 saturated heterocycles. The standard InChI is InChI=1S/3C6H7O7.4Al/c3*7-3(8)1-6(13,5(11)12)2-4(9)10;;;;/h3*1-2H2,(H,7,8)(H,9,10)(H,11,12);;;;/q3*-1;4*+3/p-9. The monoisotopic (exact) mass is 672 g/mol. The fourth-order valence-corrected chi connectivity index (χ4v) is 2.02. The number of hydrogen-bond acceptors (Lipinski definition) is 21. The number of carbonyl (C=O) groups is 9. The zero-order valence-corrected chi connectivity index (χ0v) is 25.7. The van der Waals surface area contributed by atoms with Gasteiger partial charge >= 0.3 is 69.4 Å². The van der Waals surface area contributed by atoms with Crippen LogP contribution in [0.2, 0.25) is 0 Å². The van der Waals surface area contributed by atoms with Crippen LogP contribution in [0.4, 0.5) is 0 Å². The van der Waals surface area contributed by atoms with Crippen LogP contribution in [0.5, 0.6) is 0 Å². The maximum absolute atomic E-state index is 10.9. The number of aliphatic carboxylic acids is 9. The predicted molar refractivity (Wildman–Crippen MR) is 104 cm³/mol. The minimum Gasteiger partial charge on any atom is -0.845 e. The summed E-state index contributed by atoms with van der Waals surface area (Å²) in [7, 11) is 0. The quantitative estimate of drug-likeness (QED) is 0.146. The molecule has 0 amide bonds. The van der Waals surface area contributed by atoms with E-state index in [0.717, 1.165) is 0 Å². The van der Waals surface area contributed by atoms with Gasteiger partial charge in [-0.3, -0.25) is 0 Å². The summed E-state index contributed by atoms with van der Waals surface area (Å²) < 4.78 is 0. The first-order valence-electron chi connectivity index (χ1n) is 9.28. The SMILES string of the molecule is O=C([O-])CC([O-])(CC(=O)[O-])C(=O)[O-].O=C([O-])CC([O-])(CC(=O)[O-])C(=O)[O-].O=C([O-])CC([O-])(CC(=O)[O-])C(=O)[O-].[Al+3].[Al+3].[Al+3].[Al+3]. The maximum atomic E-state index is 10.9. The molecule has 0 spiro atoms. The number of hydrogen-bond donors (Lipinski definition) is 0. The fourth-order valence-electron chi connectivity index (χ4n) is 2.02. The largest absolute Gasteiger partial charge is 3.00 e. The molecule has 0 atom stereocenters. The first kappa shape index (κ1) is 56.1. The van der Waals surface area contributed by atoms with Crippen LogP contribution in [0.1, 0.15) is 38.5 Å². The fraction of sp³-hybridized carbons (Fsp3) is 0.500. The van der Waals surface area contributed by atoms with Crippen LogP contribution in [0.25, 0.3) is 0 Å². The molecule has 0 radical (unpaired) electrons. The topological polar surface area (TPSA) is 430 Å². The van der Waals surface area contributed by atoms with Crippen molar-refractivity contribution in [1.29, 1.82) is 0 Å². The average Bonchev–Trinajstić information content (AvgIpc) is 2.64. The Bertz CT molecular complexity index is 825. The normalized spacial score (nSPS) is 9.84. The molecule has 0 aromatic carbocycles. The van der Waals surface area contributed by atoms with Gasteiger partial charge in [-0.2, -0.15) is 0 Å². The van der Waals surface area contributed by atoms with Gasteiger partial charge in [0.2, 0.25) is 0 Å². The van der Waals surface area contributed by atoms with Crippen LogP contribution in [-0.2, 0) is 43.2 Å². The number of carboxylic acids is 9. The van der Waals surface area contributed by atoms with Crippen molar-refractivity contribution in [3.63, 3.8) is 0 Å². The Morgan fingerprint density at radius 3 is 0.442 bits per heavy atom. The Morgan fingerprint density at radius 2 is 0.395 bits per heavy atom. The van der Waals surface area contributed by atoms with Gasteiger partial charge in [-0.25, -0.2) is 0 Å². The van der Waals surface area contributed by atoms with Gasteiger partial charge in [-0.1, -0.05) is 16.8 Å². The Labute approximate surface area is 281 Å². The number of carboxylic acid groups (broad SMARTS) is 9. The summed E-state index contributed by atoms with van der Waals surface area (Å²) in [5.74, 6) is -18.7. The van der Waals surface area contributed by atoms with Gasteiger partial charge in [0, 0.05) is 53.7 Å². The molecule has 25 heteroatoms. The molecular formula is C18H12Al4O21. The third kappa shape index (κ3) is 26.6. The van der Waals surface area contributed by atoms with Gasteiger partial charge in [-0.05, 0) is 38.5 Å². The van der Waals surface area contributed by atoms with Crippen molar-refractivity contribution in [1.82, 2.24) is 0 Å². The van der Waals surface area contributed by atoms with Crippen molar-refractivity contribution in [2.45, 2.75) is 55.3 Å². The molecule has 0 aromatic rings. The second-order valence-electron chi connectivity index (χ2n) is 7.14. The molecule has 43 heavy (non-hydrogen) atoms. The number of rotatable bonds is 15. The molecule has 21 nitrogen and oxygen atoms in total. The summed E-state index contributed by atoms with van der Waals surface area (Å²) in [6.07, 6.45) is -8.81. The first-order chi connectivity index (χ1) is 17.3. The molecule has 0 rings (SSSR count). The molecule has 222 valence electrons. The van der Waals surface area contributed by atoms with Gasteiger partial charge in [0.25, 0.3) is 0 Å². The summed E-state index contributed by atoms with van der Waals surface area (Å²) in [6, 6.07) is 0. The molecule has 0 fully saturated rings. The van der Waals surface area contributed by atoms with E-state index in [9.17, 15) is 104 Å². The van der Waals surface area contributed by atoms with Crippen molar-refractivity contribution in [3.8, 4) is 0 Å². The molecule has 0 aliphatic heterocycles. The third-order valence-electron chi connectivity index (χ3n) is 3.70.